The lowest BCUT2D eigenvalue weighted by atomic mass is 9.73. The fourth-order valence-corrected chi connectivity index (χ4v) is 12.0. The van der Waals surface area contributed by atoms with Crippen LogP contribution in [0.25, 0.3) is 27.6 Å². The van der Waals surface area contributed by atoms with Gasteiger partial charge in [-0.15, -0.1) is 0 Å². The number of benzene rings is 8. The van der Waals surface area contributed by atoms with Crippen molar-refractivity contribution >= 4 is 44.6 Å². The smallest absolute Gasteiger partial charge is 0.137 e. The normalized spacial score (nSPS) is 13.6. The monoisotopic (exact) mass is 1050 g/mol. The van der Waals surface area contributed by atoms with Gasteiger partial charge in [-0.05, 0) is 127 Å². The summed E-state index contributed by atoms with van der Waals surface area (Å²) in [7, 11) is 0. The molecule has 2 aromatic heterocycles. The van der Waals surface area contributed by atoms with Crippen LogP contribution < -0.4 is 14.5 Å². The quantitative estimate of drug-likeness (QED) is 0.129. The van der Waals surface area contributed by atoms with E-state index >= 15 is 0 Å². The maximum absolute atomic E-state index is 7.44. The first kappa shape index (κ1) is 54.1. The molecular weight excluding hydrogens is 973 g/mol. The van der Waals surface area contributed by atoms with Crippen molar-refractivity contribution in [1.82, 2.24) is 9.55 Å². The molecule has 1 aliphatic heterocycles. The molecule has 8 aromatic carbocycles. The highest BCUT2D eigenvalue weighted by molar-refractivity contribution is 6.12. The summed E-state index contributed by atoms with van der Waals surface area (Å²) in [6, 6.07) is 71.9. The molecule has 5 heteroatoms. The standard InChI is InChI=1S/C75H80N4O/c1-70(2,3)53-35-36-65-66(44-53)78(58-41-56(73(10,11)50-27-19-16-20-28-50)39-57(42-58)74(12,13)51-29-21-17-22-30-51)49-77(65)59-40-55(72(7,8)9)43-60(46-59)80-61-47-63(75(14,15)52-31-23-18-24-32-52)69-62-33-25-26-34-64(62)79(67(69)48-61)68-45-54(37-38-76-68)71(4,5)6/h16-48H,49H2,1-15H3. The van der Waals surface area contributed by atoms with Gasteiger partial charge in [-0.1, -0.05) is 225 Å². The number of anilines is 4. The van der Waals surface area contributed by atoms with Gasteiger partial charge in [0.1, 0.15) is 24.0 Å². The van der Waals surface area contributed by atoms with E-state index in [0.717, 1.165) is 39.7 Å². The zero-order valence-corrected chi connectivity index (χ0v) is 50.0. The Morgan fingerprint density at radius 3 is 1.43 bits per heavy atom. The van der Waals surface area contributed by atoms with Crippen molar-refractivity contribution in [2.45, 2.75) is 136 Å². The van der Waals surface area contributed by atoms with E-state index in [0.29, 0.717) is 6.67 Å². The van der Waals surface area contributed by atoms with Crippen molar-refractivity contribution in [1.29, 1.82) is 0 Å². The van der Waals surface area contributed by atoms with E-state index in [1.165, 1.54) is 72.2 Å². The molecule has 0 unspecified atom stereocenters. The highest BCUT2D eigenvalue weighted by Gasteiger charge is 2.36. The van der Waals surface area contributed by atoms with Crippen LogP contribution in [0.4, 0.5) is 22.7 Å². The van der Waals surface area contributed by atoms with Crippen molar-refractivity contribution in [3.05, 3.63) is 250 Å². The van der Waals surface area contributed by atoms with Crippen LogP contribution in [-0.4, -0.2) is 16.2 Å². The minimum Gasteiger partial charge on any atom is -0.457 e. The van der Waals surface area contributed by atoms with Crippen LogP contribution >= 0.6 is 0 Å². The summed E-state index contributed by atoms with van der Waals surface area (Å²) in [4.78, 5) is 10.1. The summed E-state index contributed by atoms with van der Waals surface area (Å²) in [6.07, 6.45) is 1.96. The average molecular weight is 1050 g/mol. The predicted octanol–water partition coefficient (Wildman–Crippen LogP) is 20.1. The molecule has 11 rings (SSSR count). The van der Waals surface area contributed by atoms with E-state index in [1.807, 2.05) is 6.20 Å². The second kappa shape index (κ2) is 19.7. The van der Waals surface area contributed by atoms with E-state index < -0.39 is 5.41 Å². The third-order valence-corrected chi connectivity index (χ3v) is 17.4. The van der Waals surface area contributed by atoms with Gasteiger partial charge < -0.3 is 14.5 Å². The maximum atomic E-state index is 7.44. The van der Waals surface area contributed by atoms with Crippen LogP contribution in [0.5, 0.6) is 11.5 Å². The second-order valence-corrected chi connectivity index (χ2v) is 27.1. The fourth-order valence-electron chi connectivity index (χ4n) is 12.0. The lowest BCUT2D eigenvalue weighted by molar-refractivity contribution is 0.477. The van der Waals surface area contributed by atoms with E-state index in [4.69, 9.17) is 9.72 Å². The molecule has 80 heavy (non-hydrogen) atoms. The zero-order valence-electron chi connectivity index (χ0n) is 50.0. The second-order valence-electron chi connectivity index (χ2n) is 27.1. The molecule has 0 radical (unpaired) electrons. The van der Waals surface area contributed by atoms with Gasteiger partial charge in [0, 0.05) is 56.7 Å². The lowest BCUT2D eigenvalue weighted by Crippen LogP contribution is -2.27. The average Bonchev–Trinajstić information content (AvgIpc) is 4.22. The van der Waals surface area contributed by atoms with Crippen LogP contribution in [0.1, 0.15) is 154 Å². The number of hydrogen-bond donors (Lipinski definition) is 0. The molecule has 0 saturated carbocycles. The van der Waals surface area contributed by atoms with Crippen LogP contribution in [0, 0.1) is 0 Å². The number of aromatic nitrogens is 2. The van der Waals surface area contributed by atoms with Gasteiger partial charge in [-0.3, -0.25) is 4.57 Å². The molecule has 0 saturated heterocycles. The Hall–Kier alpha value is -7.89. The maximum Gasteiger partial charge on any atom is 0.137 e. The zero-order chi connectivity index (χ0) is 56.7. The molecule has 5 nitrogen and oxygen atoms in total. The molecule has 0 amide bonds. The van der Waals surface area contributed by atoms with E-state index in [-0.39, 0.29) is 27.1 Å². The van der Waals surface area contributed by atoms with Crippen molar-refractivity contribution in [3.8, 4) is 17.3 Å². The van der Waals surface area contributed by atoms with Crippen molar-refractivity contribution in [2.75, 3.05) is 16.5 Å². The predicted molar refractivity (Wildman–Crippen MR) is 339 cm³/mol. The molecule has 10 aromatic rings. The molecular formula is C75H80N4O. The summed E-state index contributed by atoms with van der Waals surface area (Å²) >= 11 is 0. The van der Waals surface area contributed by atoms with Gasteiger partial charge >= 0.3 is 0 Å². The first-order chi connectivity index (χ1) is 37.8. The number of rotatable bonds is 11. The summed E-state index contributed by atoms with van der Waals surface area (Å²) in [5.41, 5.74) is 16.8. The molecule has 1 aliphatic rings. The summed E-state index contributed by atoms with van der Waals surface area (Å²) in [5, 5.41) is 2.38. The van der Waals surface area contributed by atoms with Gasteiger partial charge in [0.25, 0.3) is 0 Å². The number of fused-ring (bicyclic) bond motifs is 4. The molecule has 0 bridgehead atoms. The van der Waals surface area contributed by atoms with Crippen molar-refractivity contribution in [2.24, 2.45) is 0 Å². The summed E-state index contributed by atoms with van der Waals surface area (Å²) < 4.78 is 9.78. The SMILES string of the molecule is CC(C)(C)c1cc(Oc2cc(C(C)(C)c3ccccc3)c3c4ccccc4n(-c4cc(C(C)(C)C)ccn4)c3c2)cc(N2CN(c3cc(C(C)(C)c4ccccc4)cc(C(C)(C)c4ccccc4)c3)c3cc(C(C)(C)C)ccc32)c1. The number of para-hydroxylation sites is 1. The molecule has 0 N–H and O–H groups in total. The third-order valence-electron chi connectivity index (χ3n) is 17.4. The van der Waals surface area contributed by atoms with E-state index in [2.05, 4.69) is 312 Å². The van der Waals surface area contributed by atoms with Gasteiger partial charge in [-0.2, -0.15) is 0 Å². The fraction of sp³-hybridized carbons (Fsp3) is 0.293. The number of ether oxygens (including phenoxy) is 1. The van der Waals surface area contributed by atoms with Gasteiger partial charge in [0.15, 0.2) is 0 Å². The molecule has 0 atom stereocenters. The van der Waals surface area contributed by atoms with Crippen LogP contribution in [0.3, 0.4) is 0 Å². The molecule has 0 aliphatic carbocycles. The van der Waals surface area contributed by atoms with E-state index in [1.54, 1.807) is 0 Å². The molecule has 406 valence electrons. The molecule has 3 heterocycles. The van der Waals surface area contributed by atoms with Gasteiger partial charge in [0.2, 0.25) is 0 Å². The Morgan fingerprint density at radius 1 is 0.362 bits per heavy atom. The Labute approximate surface area is 476 Å². The summed E-state index contributed by atoms with van der Waals surface area (Å²) in [5.74, 6) is 2.45. The van der Waals surface area contributed by atoms with E-state index in [9.17, 15) is 0 Å². The first-order valence-corrected chi connectivity index (χ1v) is 28.7. The summed E-state index contributed by atoms with van der Waals surface area (Å²) in [6.45, 7) is 35.4. The Bertz CT molecular complexity index is 3850. The highest BCUT2D eigenvalue weighted by Crippen LogP contribution is 2.51. The minimum atomic E-state index is -0.397. The Morgan fingerprint density at radius 2 is 0.850 bits per heavy atom. The number of nitrogens with zero attached hydrogens (tertiary/aromatic N) is 4. The Balaban J connectivity index is 1.09. The van der Waals surface area contributed by atoms with Crippen molar-refractivity contribution < 1.29 is 4.74 Å². The minimum absolute atomic E-state index is 0.0612. The molecule has 0 spiro atoms. The first-order valence-electron chi connectivity index (χ1n) is 28.7. The number of pyridine rings is 1. The lowest BCUT2D eigenvalue weighted by Gasteiger charge is -2.33. The largest absolute Gasteiger partial charge is 0.457 e. The van der Waals surface area contributed by atoms with Crippen LogP contribution in [0.15, 0.2) is 200 Å². The molecule has 0 fully saturated rings. The Kier molecular flexibility index (Phi) is 13.3. The highest BCUT2D eigenvalue weighted by atomic mass is 16.5. The van der Waals surface area contributed by atoms with Crippen molar-refractivity contribution in [3.63, 3.8) is 0 Å². The third kappa shape index (κ3) is 9.88. The van der Waals surface area contributed by atoms with Gasteiger partial charge in [0.05, 0.1) is 22.4 Å². The van der Waals surface area contributed by atoms with Gasteiger partial charge in [-0.25, -0.2) is 4.98 Å². The van der Waals surface area contributed by atoms with Crippen LogP contribution in [-0.2, 0) is 32.5 Å². The van der Waals surface area contributed by atoms with Crippen LogP contribution in [0.2, 0.25) is 0 Å². The topological polar surface area (TPSA) is 33.5 Å². The number of hydrogen-bond acceptors (Lipinski definition) is 4.